The van der Waals surface area contributed by atoms with Gasteiger partial charge in [-0.2, -0.15) is 0 Å². The third-order valence-electron chi connectivity index (χ3n) is 5.16. The molecule has 7 heteroatoms. The van der Waals surface area contributed by atoms with Gasteiger partial charge in [0, 0.05) is 31.4 Å². The van der Waals surface area contributed by atoms with Crippen LogP contribution >= 0.6 is 0 Å². The summed E-state index contributed by atoms with van der Waals surface area (Å²) in [6.07, 6.45) is 3.45. The molecule has 1 aromatic carbocycles. The standard InChI is InChI=1S/C19H25N3O4/c1-4-21-10-13(19(24)25)17(23)12-7-8-15(18(26-3)16(12)21)22-9-5-6-14(22)11(2)20/h7-8,10-11,14H,4-6,9,20H2,1-3H3,(H,24,25)/t11-,14?/m0/s1. The van der Waals surface area contributed by atoms with Crippen LogP contribution in [0.5, 0.6) is 5.75 Å². The molecule has 140 valence electrons. The maximum absolute atomic E-state index is 12.6. The van der Waals surface area contributed by atoms with Crippen LogP contribution in [0.15, 0.2) is 23.1 Å². The van der Waals surface area contributed by atoms with Gasteiger partial charge < -0.3 is 25.0 Å². The van der Waals surface area contributed by atoms with Crippen molar-refractivity contribution in [3.8, 4) is 5.75 Å². The summed E-state index contributed by atoms with van der Waals surface area (Å²) in [6.45, 7) is 5.30. The second-order valence-electron chi connectivity index (χ2n) is 6.74. The highest BCUT2D eigenvalue weighted by Gasteiger charge is 2.31. The summed E-state index contributed by atoms with van der Waals surface area (Å²) < 4.78 is 7.47. The van der Waals surface area contributed by atoms with Crippen LogP contribution in [-0.4, -0.2) is 41.4 Å². The number of benzene rings is 1. The number of fused-ring (bicyclic) bond motifs is 1. The van der Waals surface area contributed by atoms with Gasteiger partial charge in [0.2, 0.25) is 5.43 Å². The number of pyridine rings is 1. The van der Waals surface area contributed by atoms with Crippen LogP contribution < -0.4 is 20.8 Å². The SMILES string of the molecule is CCn1cc(C(=O)O)c(=O)c2ccc(N3CCCC3[C@H](C)N)c(OC)c21. The molecular weight excluding hydrogens is 334 g/mol. The van der Waals surface area contributed by atoms with Crippen LogP contribution in [0.2, 0.25) is 0 Å². The monoisotopic (exact) mass is 359 g/mol. The molecule has 7 nitrogen and oxygen atoms in total. The Morgan fingerprint density at radius 1 is 1.46 bits per heavy atom. The molecule has 3 N–H and O–H groups in total. The first-order valence-corrected chi connectivity index (χ1v) is 8.90. The Morgan fingerprint density at radius 2 is 2.19 bits per heavy atom. The maximum Gasteiger partial charge on any atom is 0.341 e. The van der Waals surface area contributed by atoms with Gasteiger partial charge in [0.15, 0.2) is 5.75 Å². The predicted molar refractivity (Wildman–Crippen MR) is 101 cm³/mol. The van der Waals surface area contributed by atoms with E-state index in [-0.39, 0.29) is 17.6 Å². The quantitative estimate of drug-likeness (QED) is 0.848. The number of carbonyl (C=O) groups is 1. The van der Waals surface area contributed by atoms with E-state index in [2.05, 4.69) is 4.90 Å². The number of aromatic nitrogens is 1. The van der Waals surface area contributed by atoms with E-state index < -0.39 is 11.4 Å². The number of methoxy groups -OCH3 is 1. The summed E-state index contributed by atoms with van der Waals surface area (Å²) in [5, 5.41) is 9.68. The number of ether oxygens (including phenoxy) is 1. The van der Waals surface area contributed by atoms with Gasteiger partial charge in [0.1, 0.15) is 5.56 Å². The number of anilines is 1. The molecule has 0 bridgehead atoms. The van der Waals surface area contributed by atoms with E-state index in [0.717, 1.165) is 25.1 Å². The zero-order valence-corrected chi connectivity index (χ0v) is 15.4. The molecule has 0 aliphatic carbocycles. The Morgan fingerprint density at radius 3 is 2.77 bits per heavy atom. The molecule has 0 saturated carbocycles. The highest BCUT2D eigenvalue weighted by Crippen LogP contribution is 2.39. The van der Waals surface area contributed by atoms with Crippen molar-refractivity contribution in [1.82, 2.24) is 4.57 Å². The molecule has 0 spiro atoms. The molecule has 2 heterocycles. The summed E-state index contributed by atoms with van der Waals surface area (Å²) in [4.78, 5) is 26.3. The van der Waals surface area contributed by atoms with Crippen LogP contribution in [0, 0.1) is 0 Å². The lowest BCUT2D eigenvalue weighted by atomic mass is 10.1. The summed E-state index contributed by atoms with van der Waals surface area (Å²) >= 11 is 0. The number of hydrogen-bond acceptors (Lipinski definition) is 5. The molecule has 2 aromatic rings. The van der Waals surface area contributed by atoms with Crippen molar-refractivity contribution in [3.63, 3.8) is 0 Å². The smallest absolute Gasteiger partial charge is 0.341 e. The number of nitrogens with zero attached hydrogens (tertiary/aromatic N) is 2. The van der Waals surface area contributed by atoms with Crippen LogP contribution in [-0.2, 0) is 6.54 Å². The first-order valence-electron chi connectivity index (χ1n) is 8.90. The third-order valence-corrected chi connectivity index (χ3v) is 5.16. The molecule has 0 amide bonds. The average Bonchev–Trinajstić information content (AvgIpc) is 3.10. The van der Waals surface area contributed by atoms with Crippen LogP contribution in [0.1, 0.15) is 37.0 Å². The second-order valence-corrected chi connectivity index (χ2v) is 6.74. The second kappa shape index (κ2) is 6.99. The van der Waals surface area contributed by atoms with Gasteiger partial charge in [-0.15, -0.1) is 0 Å². The summed E-state index contributed by atoms with van der Waals surface area (Å²) in [7, 11) is 1.57. The Bertz CT molecular complexity index is 904. The minimum Gasteiger partial charge on any atom is -0.492 e. The van der Waals surface area contributed by atoms with E-state index in [1.54, 1.807) is 17.7 Å². The van der Waals surface area contributed by atoms with Crippen LogP contribution in [0.4, 0.5) is 5.69 Å². The molecular formula is C19H25N3O4. The molecule has 26 heavy (non-hydrogen) atoms. The molecule has 1 saturated heterocycles. The number of nitrogens with two attached hydrogens (primary N) is 1. The zero-order valence-electron chi connectivity index (χ0n) is 15.4. The lowest BCUT2D eigenvalue weighted by Gasteiger charge is -2.31. The van der Waals surface area contributed by atoms with Gasteiger partial charge in [-0.25, -0.2) is 4.79 Å². The fourth-order valence-electron chi connectivity index (χ4n) is 3.92. The van der Waals surface area contributed by atoms with Crippen molar-refractivity contribution in [3.05, 3.63) is 34.1 Å². The van der Waals surface area contributed by atoms with Gasteiger partial charge in [0.25, 0.3) is 0 Å². The number of aryl methyl sites for hydroxylation is 1. The lowest BCUT2D eigenvalue weighted by Crippen LogP contribution is -2.42. The fourth-order valence-corrected chi connectivity index (χ4v) is 3.92. The molecule has 1 aliphatic rings. The van der Waals surface area contributed by atoms with Crippen molar-refractivity contribution in [1.29, 1.82) is 0 Å². The minimum absolute atomic E-state index is 0.0145. The Balaban J connectivity index is 2.30. The molecule has 1 aromatic heterocycles. The third kappa shape index (κ3) is 2.82. The predicted octanol–water partition coefficient (Wildman–Crippen LogP) is 2.04. The summed E-state index contributed by atoms with van der Waals surface area (Å²) in [6, 6.07) is 3.77. The molecule has 1 unspecified atom stereocenters. The first-order chi connectivity index (χ1) is 12.4. The molecule has 1 fully saturated rings. The zero-order chi connectivity index (χ0) is 19.0. The van der Waals surface area contributed by atoms with Crippen molar-refractivity contribution in [2.75, 3.05) is 18.6 Å². The molecule has 3 rings (SSSR count). The van der Waals surface area contributed by atoms with Gasteiger partial charge in [-0.1, -0.05) is 0 Å². The summed E-state index contributed by atoms with van der Waals surface area (Å²) in [5.74, 6) is -0.635. The van der Waals surface area contributed by atoms with Gasteiger partial charge in [0.05, 0.1) is 23.7 Å². The highest BCUT2D eigenvalue weighted by molar-refractivity contribution is 5.96. The Hall–Kier alpha value is -2.54. The topological polar surface area (TPSA) is 97.8 Å². The van der Waals surface area contributed by atoms with Crippen molar-refractivity contribution < 1.29 is 14.6 Å². The molecule has 0 radical (unpaired) electrons. The van der Waals surface area contributed by atoms with Crippen molar-refractivity contribution >= 4 is 22.6 Å². The average molecular weight is 359 g/mol. The first kappa shape index (κ1) is 18.3. The van der Waals surface area contributed by atoms with Gasteiger partial charge >= 0.3 is 5.97 Å². The number of hydrogen-bond donors (Lipinski definition) is 2. The van der Waals surface area contributed by atoms with Crippen molar-refractivity contribution in [2.45, 2.75) is 45.3 Å². The highest BCUT2D eigenvalue weighted by atomic mass is 16.5. The van der Waals surface area contributed by atoms with E-state index in [4.69, 9.17) is 10.5 Å². The van der Waals surface area contributed by atoms with E-state index in [1.807, 2.05) is 19.9 Å². The Labute approximate surface area is 152 Å². The maximum atomic E-state index is 12.6. The van der Waals surface area contributed by atoms with Crippen LogP contribution in [0.3, 0.4) is 0 Å². The van der Waals surface area contributed by atoms with E-state index >= 15 is 0 Å². The van der Waals surface area contributed by atoms with Gasteiger partial charge in [-0.3, -0.25) is 4.79 Å². The van der Waals surface area contributed by atoms with E-state index in [1.165, 1.54) is 6.20 Å². The minimum atomic E-state index is -1.22. The number of carboxylic acids is 1. The van der Waals surface area contributed by atoms with E-state index in [9.17, 15) is 14.7 Å². The fraction of sp³-hybridized carbons (Fsp3) is 0.474. The van der Waals surface area contributed by atoms with E-state index in [0.29, 0.717) is 23.2 Å². The largest absolute Gasteiger partial charge is 0.492 e. The van der Waals surface area contributed by atoms with Crippen molar-refractivity contribution in [2.24, 2.45) is 5.73 Å². The Kier molecular flexibility index (Phi) is 4.91. The van der Waals surface area contributed by atoms with Gasteiger partial charge in [-0.05, 0) is 38.8 Å². The van der Waals surface area contributed by atoms with Crippen LogP contribution in [0.25, 0.3) is 10.9 Å². The molecule has 1 aliphatic heterocycles. The number of carboxylic acid groups (broad SMARTS) is 1. The molecule has 2 atom stereocenters. The lowest BCUT2D eigenvalue weighted by molar-refractivity contribution is 0.0695. The normalized spacial score (nSPS) is 18.3. The summed E-state index contributed by atoms with van der Waals surface area (Å²) in [5.41, 5.74) is 6.95. The number of rotatable bonds is 5. The number of aromatic carboxylic acids is 1.